The van der Waals surface area contributed by atoms with Crippen molar-refractivity contribution in [3.63, 3.8) is 0 Å². The van der Waals surface area contributed by atoms with Crippen LogP contribution >= 0.6 is 12.4 Å². The minimum atomic E-state index is -0.0387. The molecule has 8 heteroatoms. The normalized spacial score (nSPS) is 16.6. The third-order valence-electron chi connectivity index (χ3n) is 4.21. The minimum absolute atomic E-state index is 0. The molecular formula is C18H25ClN4O3. The summed E-state index contributed by atoms with van der Waals surface area (Å²) in [5.41, 5.74) is 1.89. The molecule has 0 aliphatic carbocycles. The molecular weight excluding hydrogens is 356 g/mol. The van der Waals surface area contributed by atoms with E-state index in [0.717, 1.165) is 30.1 Å². The monoisotopic (exact) mass is 380 g/mol. The van der Waals surface area contributed by atoms with Gasteiger partial charge in [0, 0.05) is 44.5 Å². The van der Waals surface area contributed by atoms with E-state index >= 15 is 0 Å². The zero-order valence-electron chi connectivity index (χ0n) is 15.1. The SMILES string of the molecule is COc1cccc(-n2cc(CN(C)C(=O)CC3CNCCO3)cn2)c1.Cl. The van der Waals surface area contributed by atoms with Gasteiger partial charge in [-0.1, -0.05) is 6.07 Å². The molecule has 1 N–H and O–H groups in total. The summed E-state index contributed by atoms with van der Waals surface area (Å²) in [4.78, 5) is 14.1. The van der Waals surface area contributed by atoms with Crippen molar-refractivity contribution in [2.75, 3.05) is 33.9 Å². The molecule has 1 fully saturated rings. The lowest BCUT2D eigenvalue weighted by molar-refractivity contribution is -0.133. The van der Waals surface area contributed by atoms with E-state index in [0.29, 0.717) is 19.6 Å². The van der Waals surface area contributed by atoms with E-state index in [4.69, 9.17) is 9.47 Å². The Morgan fingerprint density at radius 3 is 3.08 bits per heavy atom. The summed E-state index contributed by atoms with van der Waals surface area (Å²) < 4.78 is 12.6. The smallest absolute Gasteiger partial charge is 0.225 e. The van der Waals surface area contributed by atoms with Gasteiger partial charge in [-0.05, 0) is 12.1 Å². The maximum Gasteiger partial charge on any atom is 0.225 e. The van der Waals surface area contributed by atoms with Gasteiger partial charge in [-0.2, -0.15) is 5.10 Å². The molecule has 2 aromatic rings. The standard InChI is InChI=1S/C18H24N4O3.ClH/c1-21(18(23)9-17-11-19-6-7-25-17)12-14-10-20-22(13-14)15-4-3-5-16(8-15)24-2;/h3-5,8,10,13,17,19H,6-7,9,11-12H2,1-2H3;1H. The Morgan fingerprint density at radius 1 is 1.50 bits per heavy atom. The molecule has 142 valence electrons. The fourth-order valence-electron chi connectivity index (χ4n) is 2.80. The zero-order chi connectivity index (χ0) is 17.6. The fourth-order valence-corrected chi connectivity index (χ4v) is 2.80. The highest BCUT2D eigenvalue weighted by molar-refractivity contribution is 5.85. The van der Waals surface area contributed by atoms with Gasteiger partial charge < -0.3 is 19.7 Å². The molecule has 1 amide bonds. The van der Waals surface area contributed by atoms with Crippen LogP contribution in [0.4, 0.5) is 0 Å². The number of benzene rings is 1. The number of morpholine rings is 1. The summed E-state index contributed by atoms with van der Waals surface area (Å²) in [7, 11) is 3.45. The summed E-state index contributed by atoms with van der Waals surface area (Å²) in [6.45, 7) is 2.76. The number of hydrogen-bond donors (Lipinski definition) is 1. The molecule has 1 saturated heterocycles. The fraction of sp³-hybridized carbons (Fsp3) is 0.444. The number of ether oxygens (including phenoxy) is 2. The number of rotatable bonds is 6. The van der Waals surface area contributed by atoms with Crippen molar-refractivity contribution in [1.29, 1.82) is 0 Å². The van der Waals surface area contributed by atoms with Crippen LogP contribution in [-0.2, 0) is 16.1 Å². The Hall–Kier alpha value is -2.09. The van der Waals surface area contributed by atoms with E-state index in [1.54, 1.807) is 22.9 Å². The van der Waals surface area contributed by atoms with Gasteiger partial charge in [-0.25, -0.2) is 4.68 Å². The van der Waals surface area contributed by atoms with Crippen LogP contribution in [0.3, 0.4) is 0 Å². The number of aromatic nitrogens is 2. The molecule has 1 unspecified atom stereocenters. The summed E-state index contributed by atoms with van der Waals surface area (Å²) in [6, 6.07) is 7.69. The third-order valence-corrected chi connectivity index (χ3v) is 4.21. The Labute approximate surface area is 159 Å². The van der Waals surface area contributed by atoms with E-state index in [9.17, 15) is 4.79 Å². The number of nitrogens with one attached hydrogen (secondary N) is 1. The van der Waals surface area contributed by atoms with Crippen molar-refractivity contribution in [3.8, 4) is 11.4 Å². The Morgan fingerprint density at radius 2 is 2.35 bits per heavy atom. The third kappa shape index (κ3) is 5.20. The Balaban J connectivity index is 0.00000243. The Kier molecular flexibility index (Phi) is 7.44. The van der Waals surface area contributed by atoms with Crippen LogP contribution in [0, 0.1) is 0 Å². The predicted molar refractivity (Wildman–Crippen MR) is 101 cm³/mol. The topological polar surface area (TPSA) is 68.6 Å². The molecule has 2 heterocycles. The summed E-state index contributed by atoms with van der Waals surface area (Å²) in [5.74, 6) is 0.853. The van der Waals surface area contributed by atoms with E-state index in [-0.39, 0.29) is 24.4 Å². The summed E-state index contributed by atoms with van der Waals surface area (Å²) >= 11 is 0. The van der Waals surface area contributed by atoms with Gasteiger partial charge >= 0.3 is 0 Å². The molecule has 1 atom stereocenters. The van der Waals surface area contributed by atoms with Crippen LogP contribution in [0.1, 0.15) is 12.0 Å². The van der Waals surface area contributed by atoms with E-state index in [1.807, 2.05) is 37.5 Å². The molecule has 1 aromatic carbocycles. The lowest BCUT2D eigenvalue weighted by Crippen LogP contribution is -2.41. The number of hydrogen-bond acceptors (Lipinski definition) is 5. The molecule has 1 aliphatic rings. The minimum Gasteiger partial charge on any atom is -0.497 e. The number of nitrogens with zero attached hydrogens (tertiary/aromatic N) is 3. The van der Waals surface area contributed by atoms with Crippen molar-refractivity contribution in [3.05, 3.63) is 42.2 Å². The van der Waals surface area contributed by atoms with E-state index in [1.165, 1.54) is 0 Å². The second-order valence-electron chi connectivity index (χ2n) is 6.15. The number of methoxy groups -OCH3 is 1. The quantitative estimate of drug-likeness (QED) is 0.825. The average molecular weight is 381 g/mol. The maximum atomic E-state index is 12.4. The van der Waals surface area contributed by atoms with Gasteiger partial charge in [0.05, 0.1) is 38.1 Å². The number of carbonyl (C=O) groups excluding carboxylic acids is 1. The molecule has 1 aliphatic heterocycles. The first kappa shape index (κ1) is 20.2. The average Bonchev–Trinajstić information content (AvgIpc) is 3.11. The first-order chi connectivity index (χ1) is 12.2. The van der Waals surface area contributed by atoms with Crippen LogP contribution in [0.15, 0.2) is 36.7 Å². The second kappa shape index (κ2) is 9.56. The van der Waals surface area contributed by atoms with Gasteiger partial charge in [0.25, 0.3) is 0 Å². The van der Waals surface area contributed by atoms with Crippen LogP contribution < -0.4 is 10.1 Å². The molecule has 1 aromatic heterocycles. The van der Waals surface area contributed by atoms with Crippen LogP contribution in [-0.4, -0.2) is 60.5 Å². The van der Waals surface area contributed by atoms with Crippen molar-refractivity contribution in [2.24, 2.45) is 0 Å². The highest BCUT2D eigenvalue weighted by Crippen LogP contribution is 2.17. The largest absolute Gasteiger partial charge is 0.497 e. The van der Waals surface area contributed by atoms with Gasteiger partial charge in [-0.3, -0.25) is 4.79 Å². The van der Waals surface area contributed by atoms with Crippen LogP contribution in [0.2, 0.25) is 0 Å². The summed E-state index contributed by atoms with van der Waals surface area (Å²) in [6.07, 6.45) is 4.07. The van der Waals surface area contributed by atoms with Crippen molar-refractivity contribution in [1.82, 2.24) is 20.0 Å². The van der Waals surface area contributed by atoms with Gasteiger partial charge in [0.15, 0.2) is 0 Å². The number of halogens is 1. The molecule has 0 spiro atoms. The lowest BCUT2D eigenvalue weighted by atomic mass is 10.2. The van der Waals surface area contributed by atoms with Gasteiger partial charge in [-0.15, -0.1) is 12.4 Å². The maximum absolute atomic E-state index is 12.4. The first-order valence-corrected chi connectivity index (χ1v) is 8.40. The molecule has 0 bridgehead atoms. The van der Waals surface area contributed by atoms with Crippen LogP contribution in [0.5, 0.6) is 5.75 Å². The van der Waals surface area contributed by atoms with E-state index in [2.05, 4.69) is 10.4 Å². The number of carbonyl (C=O) groups is 1. The summed E-state index contributed by atoms with van der Waals surface area (Å²) in [5, 5.41) is 7.62. The highest BCUT2D eigenvalue weighted by atomic mass is 35.5. The molecule has 26 heavy (non-hydrogen) atoms. The zero-order valence-corrected chi connectivity index (χ0v) is 15.9. The van der Waals surface area contributed by atoms with Crippen molar-refractivity contribution >= 4 is 18.3 Å². The Bertz CT molecular complexity index is 716. The molecule has 3 rings (SSSR count). The predicted octanol–water partition coefficient (Wildman–Crippen LogP) is 1.64. The van der Waals surface area contributed by atoms with Gasteiger partial charge in [0.2, 0.25) is 5.91 Å². The molecule has 7 nitrogen and oxygen atoms in total. The second-order valence-corrected chi connectivity index (χ2v) is 6.15. The highest BCUT2D eigenvalue weighted by Gasteiger charge is 2.20. The van der Waals surface area contributed by atoms with Crippen LogP contribution in [0.25, 0.3) is 5.69 Å². The molecule has 0 radical (unpaired) electrons. The number of amides is 1. The lowest BCUT2D eigenvalue weighted by Gasteiger charge is -2.25. The van der Waals surface area contributed by atoms with Gasteiger partial charge in [0.1, 0.15) is 5.75 Å². The van der Waals surface area contributed by atoms with Crippen molar-refractivity contribution < 1.29 is 14.3 Å². The first-order valence-electron chi connectivity index (χ1n) is 8.40. The van der Waals surface area contributed by atoms with E-state index < -0.39 is 0 Å². The van der Waals surface area contributed by atoms with Crippen molar-refractivity contribution in [2.45, 2.75) is 19.1 Å². The molecule has 0 saturated carbocycles.